The van der Waals surface area contributed by atoms with Crippen molar-refractivity contribution in [2.24, 2.45) is 5.92 Å². The number of hydrogen-bond acceptors (Lipinski definition) is 4. The number of amides is 2. The number of rotatable bonds is 7. The van der Waals surface area contributed by atoms with Crippen LogP contribution in [0, 0.1) is 17.2 Å². The topological polar surface area (TPSA) is 73.6 Å². The minimum absolute atomic E-state index is 0.0129. The first-order valence-electron chi connectivity index (χ1n) is 8.77. The lowest BCUT2D eigenvalue weighted by Gasteiger charge is -2.33. The van der Waals surface area contributed by atoms with Gasteiger partial charge in [0.2, 0.25) is 5.91 Å². The number of carbonyl (C=O) groups excluding carboxylic acids is 2. The number of piperidine rings is 1. The maximum atomic E-state index is 12.5. The molecule has 1 saturated heterocycles. The molecule has 0 atom stereocenters. The lowest BCUT2D eigenvalue weighted by atomic mass is 9.95. The van der Waals surface area contributed by atoms with E-state index in [0.717, 1.165) is 6.42 Å². The van der Waals surface area contributed by atoms with Gasteiger partial charge in [-0.2, -0.15) is 5.26 Å². The van der Waals surface area contributed by atoms with Crippen LogP contribution in [0.25, 0.3) is 0 Å². The number of benzene rings is 1. The van der Waals surface area contributed by atoms with Crippen LogP contribution < -0.4 is 4.74 Å². The molecule has 0 spiro atoms. The fraction of sp³-hybridized carbons (Fsp3) is 0.526. The summed E-state index contributed by atoms with van der Waals surface area (Å²) in [6, 6.07) is 11.3. The molecule has 6 heteroatoms. The number of nitriles is 1. The SMILES string of the molecule is CCCN(CC#N)C(=O)C1CCN(C(=O)COc2ccccc2)CC1. The van der Waals surface area contributed by atoms with Crippen molar-refractivity contribution in [3.05, 3.63) is 30.3 Å². The second-order valence-corrected chi connectivity index (χ2v) is 6.17. The van der Waals surface area contributed by atoms with E-state index in [-0.39, 0.29) is 30.9 Å². The standard InChI is InChI=1S/C19H25N3O3/c1-2-11-22(14-10-20)19(24)16-8-12-21(13-9-16)18(23)15-25-17-6-4-3-5-7-17/h3-7,16H,2,8-9,11-15H2,1H3. The van der Waals surface area contributed by atoms with Gasteiger partial charge in [0.25, 0.3) is 5.91 Å². The van der Waals surface area contributed by atoms with Gasteiger partial charge in [0.1, 0.15) is 12.3 Å². The summed E-state index contributed by atoms with van der Waals surface area (Å²) in [7, 11) is 0. The van der Waals surface area contributed by atoms with Crippen LogP contribution in [0.5, 0.6) is 5.75 Å². The molecule has 1 aromatic carbocycles. The fourth-order valence-electron chi connectivity index (χ4n) is 3.01. The molecule has 1 aliphatic rings. The van der Waals surface area contributed by atoms with Crippen molar-refractivity contribution in [2.45, 2.75) is 26.2 Å². The van der Waals surface area contributed by atoms with Gasteiger partial charge >= 0.3 is 0 Å². The van der Waals surface area contributed by atoms with E-state index in [4.69, 9.17) is 10.00 Å². The molecule has 2 rings (SSSR count). The van der Waals surface area contributed by atoms with Gasteiger partial charge in [-0.15, -0.1) is 0 Å². The van der Waals surface area contributed by atoms with Crippen molar-refractivity contribution >= 4 is 11.8 Å². The molecular formula is C19H25N3O3. The number of hydrogen-bond donors (Lipinski definition) is 0. The normalized spacial score (nSPS) is 14.6. The summed E-state index contributed by atoms with van der Waals surface area (Å²) in [5.74, 6) is 0.555. The number of likely N-dealkylation sites (tertiary alicyclic amines) is 1. The first-order chi connectivity index (χ1) is 12.2. The summed E-state index contributed by atoms with van der Waals surface area (Å²) in [5.41, 5.74) is 0. The predicted octanol–water partition coefficient (Wildman–Crippen LogP) is 2.07. The Kier molecular flexibility index (Phi) is 7.27. The lowest BCUT2D eigenvalue weighted by molar-refractivity contribution is -0.141. The molecule has 0 aromatic heterocycles. The van der Waals surface area contributed by atoms with E-state index in [2.05, 4.69) is 6.07 Å². The zero-order valence-electron chi connectivity index (χ0n) is 14.7. The summed E-state index contributed by atoms with van der Waals surface area (Å²) in [6.07, 6.45) is 2.12. The molecule has 0 bridgehead atoms. The third kappa shape index (κ3) is 5.49. The molecule has 0 aliphatic carbocycles. The lowest BCUT2D eigenvalue weighted by Crippen LogP contribution is -2.45. The van der Waals surface area contributed by atoms with Crippen LogP contribution in [-0.2, 0) is 9.59 Å². The first-order valence-corrected chi connectivity index (χ1v) is 8.77. The minimum Gasteiger partial charge on any atom is -0.484 e. The van der Waals surface area contributed by atoms with Crippen molar-refractivity contribution in [1.29, 1.82) is 5.26 Å². The third-order valence-corrected chi connectivity index (χ3v) is 4.37. The van der Waals surface area contributed by atoms with Crippen LogP contribution >= 0.6 is 0 Å². The van der Waals surface area contributed by atoms with E-state index in [1.807, 2.05) is 37.3 Å². The number of para-hydroxylation sites is 1. The zero-order valence-corrected chi connectivity index (χ0v) is 14.7. The Bertz CT molecular complexity index is 604. The Balaban J connectivity index is 1.79. The summed E-state index contributed by atoms with van der Waals surface area (Å²) in [4.78, 5) is 28.1. The molecule has 0 saturated carbocycles. The van der Waals surface area contributed by atoms with Crippen LogP contribution in [0.15, 0.2) is 30.3 Å². The smallest absolute Gasteiger partial charge is 0.260 e. The number of carbonyl (C=O) groups is 2. The molecule has 134 valence electrons. The van der Waals surface area contributed by atoms with Crippen LogP contribution in [0.2, 0.25) is 0 Å². The first kappa shape index (κ1) is 18.8. The Morgan fingerprint density at radius 2 is 1.96 bits per heavy atom. The summed E-state index contributed by atoms with van der Waals surface area (Å²) in [6.45, 7) is 3.86. The van der Waals surface area contributed by atoms with E-state index < -0.39 is 0 Å². The summed E-state index contributed by atoms with van der Waals surface area (Å²) < 4.78 is 5.50. The Hall–Kier alpha value is -2.55. The van der Waals surface area contributed by atoms with E-state index in [1.165, 1.54) is 0 Å². The van der Waals surface area contributed by atoms with Gasteiger partial charge < -0.3 is 14.5 Å². The van der Waals surface area contributed by atoms with Crippen molar-refractivity contribution < 1.29 is 14.3 Å². The zero-order chi connectivity index (χ0) is 18.1. The van der Waals surface area contributed by atoms with Crippen LogP contribution in [-0.4, -0.2) is 54.4 Å². The quantitative estimate of drug-likeness (QED) is 0.710. The molecule has 1 fully saturated rings. The predicted molar refractivity (Wildman–Crippen MR) is 93.7 cm³/mol. The average molecular weight is 343 g/mol. The van der Waals surface area contributed by atoms with Gasteiger partial charge in [0.15, 0.2) is 6.61 Å². The Morgan fingerprint density at radius 3 is 2.56 bits per heavy atom. The molecule has 1 aromatic rings. The monoisotopic (exact) mass is 343 g/mol. The second kappa shape index (κ2) is 9.67. The summed E-state index contributed by atoms with van der Waals surface area (Å²) in [5, 5.41) is 8.87. The van der Waals surface area contributed by atoms with E-state index >= 15 is 0 Å². The Labute approximate surface area is 149 Å². The molecule has 2 amide bonds. The highest BCUT2D eigenvalue weighted by Gasteiger charge is 2.30. The highest BCUT2D eigenvalue weighted by Crippen LogP contribution is 2.20. The minimum atomic E-state index is -0.0982. The largest absolute Gasteiger partial charge is 0.484 e. The molecule has 25 heavy (non-hydrogen) atoms. The van der Waals surface area contributed by atoms with E-state index in [1.54, 1.807) is 9.80 Å². The second-order valence-electron chi connectivity index (χ2n) is 6.17. The van der Waals surface area contributed by atoms with Gasteiger partial charge in [0, 0.05) is 25.6 Å². The fourth-order valence-corrected chi connectivity index (χ4v) is 3.01. The third-order valence-electron chi connectivity index (χ3n) is 4.37. The van der Waals surface area contributed by atoms with Crippen molar-refractivity contribution in [3.8, 4) is 11.8 Å². The van der Waals surface area contributed by atoms with Gasteiger partial charge in [-0.3, -0.25) is 9.59 Å². The van der Waals surface area contributed by atoms with Gasteiger partial charge in [0.05, 0.1) is 6.07 Å². The molecule has 0 N–H and O–H groups in total. The maximum absolute atomic E-state index is 12.5. The molecule has 0 unspecified atom stereocenters. The molecule has 1 aliphatic heterocycles. The highest BCUT2D eigenvalue weighted by molar-refractivity contribution is 5.81. The summed E-state index contributed by atoms with van der Waals surface area (Å²) >= 11 is 0. The van der Waals surface area contributed by atoms with Crippen molar-refractivity contribution in [2.75, 3.05) is 32.8 Å². The van der Waals surface area contributed by atoms with E-state index in [0.29, 0.717) is 38.2 Å². The van der Waals surface area contributed by atoms with E-state index in [9.17, 15) is 9.59 Å². The van der Waals surface area contributed by atoms with Crippen molar-refractivity contribution in [1.82, 2.24) is 9.80 Å². The van der Waals surface area contributed by atoms with Crippen LogP contribution in [0.3, 0.4) is 0 Å². The number of nitrogens with zero attached hydrogens (tertiary/aromatic N) is 3. The molecule has 6 nitrogen and oxygen atoms in total. The van der Waals surface area contributed by atoms with Gasteiger partial charge in [-0.1, -0.05) is 25.1 Å². The molecular weight excluding hydrogens is 318 g/mol. The van der Waals surface area contributed by atoms with Gasteiger partial charge in [-0.05, 0) is 31.4 Å². The molecule has 1 heterocycles. The highest BCUT2D eigenvalue weighted by atomic mass is 16.5. The average Bonchev–Trinajstić information content (AvgIpc) is 2.66. The van der Waals surface area contributed by atoms with Gasteiger partial charge in [-0.25, -0.2) is 0 Å². The number of ether oxygens (including phenoxy) is 1. The molecule has 0 radical (unpaired) electrons. The van der Waals surface area contributed by atoms with Crippen molar-refractivity contribution in [3.63, 3.8) is 0 Å². The van der Waals surface area contributed by atoms with Crippen LogP contribution in [0.1, 0.15) is 26.2 Å². The Morgan fingerprint density at radius 1 is 1.28 bits per heavy atom. The van der Waals surface area contributed by atoms with Crippen LogP contribution in [0.4, 0.5) is 0 Å². The maximum Gasteiger partial charge on any atom is 0.260 e.